The first-order valence-corrected chi connectivity index (χ1v) is 8.81. The zero-order chi connectivity index (χ0) is 12.7. The SMILES string of the molecule is C=Cc1c(F)c(F)c([Si](Cl)(Cl)Cl)c(F)c1F. The van der Waals surface area contributed by atoms with Crippen molar-refractivity contribution in [2.75, 3.05) is 0 Å². The van der Waals surface area contributed by atoms with Gasteiger partial charge < -0.3 is 0 Å². The number of benzene rings is 1. The molecule has 0 radical (unpaired) electrons. The molecular weight excluding hydrogens is 307 g/mol. The van der Waals surface area contributed by atoms with Gasteiger partial charge in [0, 0.05) is 0 Å². The molecule has 0 saturated heterocycles. The lowest BCUT2D eigenvalue weighted by Crippen LogP contribution is -2.38. The summed E-state index contributed by atoms with van der Waals surface area (Å²) in [6.07, 6.45) is 0.639. The second-order valence-corrected chi connectivity index (χ2v) is 11.1. The monoisotopic (exact) mass is 308 g/mol. The number of rotatable bonds is 2. The summed E-state index contributed by atoms with van der Waals surface area (Å²) in [7, 11) is 0. The van der Waals surface area contributed by atoms with Gasteiger partial charge in [0.25, 0.3) is 0 Å². The summed E-state index contributed by atoms with van der Waals surface area (Å²) >= 11 is 16.0. The predicted molar refractivity (Wildman–Crippen MR) is 59.3 cm³/mol. The van der Waals surface area contributed by atoms with Gasteiger partial charge in [-0.2, -0.15) is 0 Å². The molecule has 16 heavy (non-hydrogen) atoms. The van der Waals surface area contributed by atoms with Crippen LogP contribution < -0.4 is 5.19 Å². The molecule has 0 heterocycles. The fourth-order valence-corrected chi connectivity index (χ4v) is 3.29. The van der Waals surface area contributed by atoms with E-state index in [2.05, 4.69) is 6.58 Å². The third kappa shape index (κ3) is 2.22. The van der Waals surface area contributed by atoms with Gasteiger partial charge in [-0.25, -0.2) is 17.6 Å². The van der Waals surface area contributed by atoms with Crippen molar-refractivity contribution in [3.8, 4) is 0 Å². The molecule has 0 unspecified atom stereocenters. The molecule has 8 heteroatoms. The average molecular weight is 310 g/mol. The largest absolute Gasteiger partial charge is 0.379 e. The lowest BCUT2D eigenvalue weighted by molar-refractivity contribution is 0.460. The summed E-state index contributed by atoms with van der Waals surface area (Å²) in [5.74, 6) is -6.63. The van der Waals surface area contributed by atoms with Gasteiger partial charge >= 0.3 is 6.00 Å². The number of hydrogen-bond acceptors (Lipinski definition) is 0. The van der Waals surface area contributed by atoms with Crippen LogP contribution >= 0.6 is 33.2 Å². The van der Waals surface area contributed by atoms with Crippen molar-refractivity contribution in [3.63, 3.8) is 0 Å². The molecule has 0 aliphatic carbocycles. The zero-order valence-corrected chi connectivity index (χ0v) is 10.7. The molecule has 0 saturated carbocycles. The van der Waals surface area contributed by atoms with Crippen LogP contribution in [-0.4, -0.2) is 6.00 Å². The lowest BCUT2D eigenvalue weighted by atomic mass is 10.2. The molecule has 1 rings (SSSR count). The first-order valence-electron chi connectivity index (χ1n) is 3.77. The van der Waals surface area contributed by atoms with Crippen LogP contribution in [-0.2, 0) is 0 Å². The molecule has 0 aromatic heterocycles. The maximum Gasteiger partial charge on any atom is 0.379 e. The predicted octanol–water partition coefficient (Wildman–Crippen LogP) is 3.75. The molecule has 0 aliphatic heterocycles. The van der Waals surface area contributed by atoms with Gasteiger partial charge in [0.05, 0.1) is 10.8 Å². The molecule has 0 bridgehead atoms. The van der Waals surface area contributed by atoms with Crippen molar-refractivity contribution in [2.24, 2.45) is 0 Å². The molecule has 0 spiro atoms. The van der Waals surface area contributed by atoms with Gasteiger partial charge in [-0.1, -0.05) is 12.7 Å². The Hall–Kier alpha value is -0.233. The summed E-state index contributed by atoms with van der Waals surface area (Å²) in [6, 6.07) is -4.07. The van der Waals surface area contributed by atoms with Crippen LogP contribution in [0.25, 0.3) is 6.08 Å². The Balaban J connectivity index is 3.74. The first kappa shape index (κ1) is 13.8. The summed E-state index contributed by atoms with van der Waals surface area (Å²) in [5, 5.41) is -1.15. The van der Waals surface area contributed by atoms with E-state index < -0.39 is 40.0 Å². The second-order valence-electron chi connectivity index (χ2n) is 2.75. The topological polar surface area (TPSA) is 0 Å². The van der Waals surface area contributed by atoms with Crippen molar-refractivity contribution in [2.45, 2.75) is 0 Å². The van der Waals surface area contributed by atoms with E-state index in [-0.39, 0.29) is 0 Å². The van der Waals surface area contributed by atoms with E-state index in [0.29, 0.717) is 6.08 Å². The van der Waals surface area contributed by atoms with Gasteiger partial charge in [0.15, 0.2) is 23.3 Å². The minimum atomic E-state index is -4.07. The zero-order valence-electron chi connectivity index (χ0n) is 7.43. The van der Waals surface area contributed by atoms with E-state index in [1.54, 1.807) is 0 Å². The van der Waals surface area contributed by atoms with Crippen molar-refractivity contribution >= 4 is 50.5 Å². The fourth-order valence-electron chi connectivity index (χ4n) is 1.08. The molecule has 0 fully saturated rings. The van der Waals surface area contributed by atoms with Crippen LogP contribution in [0.3, 0.4) is 0 Å². The summed E-state index contributed by atoms with van der Waals surface area (Å²) in [4.78, 5) is 0. The van der Waals surface area contributed by atoms with E-state index in [4.69, 9.17) is 33.2 Å². The first-order chi connectivity index (χ1) is 7.21. The van der Waals surface area contributed by atoms with Crippen LogP contribution in [0.4, 0.5) is 17.6 Å². The van der Waals surface area contributed by atoms with Gasteiger partial charge in [0.2, 0.25) is 0 Å². The van der Waals surface area contributed by atoms with Gasteiger partial charge in [-0.3, -0.25) is 0 Å². The summed E-state index contributed by atoms with van der Waals surface area (Å²) in [5.41, 5.74) is -0.929. The maximum atomic E-state index is 13.3. The minimum Gasteiger partial charge on any atom is -0.204 e. The molecule has 1 aromatic rings. The summed E-state index contributed by atoms with van der Waals surface area (Å²) < 4.78 is 53.1. The van der Waals surface area contributed by atoms with Crippen LogP contribution in [0.5, 0.6) is 0 Å². The van der Waals surface area contributed by atoms with E-state index in [0.717, 1.165) is 0 Å². The molecule has 0 amide bonds. The fraction of sp³-hybridized carbons (Fsp3) is 0. The van der Waals surface area contributed by atoms with E-state index >= 15 is 0 Å². The third-order valence-electron chi connectivity index (χ3n) is 1.78. The standard InChI is InChI=1S/C8H3Cl3F4Si/c1-2-3-4(12)6(14)8(16(9,10)11)7(15)5(3)13/h2H,1H2. The highest BCUT2D eigenvalue weighted by Crippen LogP contribution is 2.27. The van der Waals surface area contributed by atoms with Crippen LogP contribution in [0, 0.1) is 23.3 Å². The maximum absolute atomic E-state index is 13.3. The van der Waals surface area contributed by atoms with Crippen molar-refractivity contribution in [3.05, 3.63) is 35.4 Å². The highest BCUT2D eigenvalue weighted by atomic mass is 35.8. The highest BCUT2D eigenvalue weighted by molar-refractivity contribution is 7.69. The second kappa shape index (κ2) is 4.56. The van der Waals surface area contributed by atoms with Gasteiger partial charge in [-0.15, -0.1) is 33.2 Å². The van der Waals surface area contributed by atoms with Crippen molar-refractivity contribution in [1.82, 2.24) is 0 Å². The Labute approximate surface area is 104 Å². The van der Waals surface area contributed by atoms with Crippen molar-refractivity contribution in [1.29, 1.82) is 0 Å². The molecule has 0 N–H and O–H groups in total. The Bertz CT molecular complexity index is 427. The Morgan fingerprint density at radius 3 is 1.50 bits per heavy atom. The molecule has 0 aliphatic rings. The minimum absolute atomic E-state index is 0.639. The Morgan fingerprint density at radius 1 is 0.875 bits per heavy atom. The highest BCUT2D eigenvalue weighted by Gasteiger charge is 2.39. The van der Waals surface area contributed by atoms with Gasteiger partial charge in [-0.05, 0) is 0 Å². The van der Waals surface area contributed by atoms with E-state index in [9.17, 15) is 17.6 Å². The molecule has 88 valence electrons. The lowest BCUT2D eigenvalue weighted by Gasteiger charge is -2.13. The van der Waals surface area contributed by atoms with Crippen LogP contribution in [0.2, 0.25) is 0 Å². The van der Waals surface area contributed by atoms with Crippen LogP contribution in [0.15, 0.2) is 6.58 Å². The Morgan fingerprint density at radius 2 is 1.25 bits per heavy atom. The van der Waals surface area contributed by atoms with Crippen LogP contribution in [0.1, 0.15) is 5.56 Å². The number of halogens is 7. The molecule has 0 atom stereocenters. The average Bonchev–Trinajstić information content (AvgIpc) is 2.14. The summed E-state index contributed by atoms with van der Waals surface area (Å²) in [6.45, 7) is 3.03. The third-order valence-corrected chi connectivity index (χ3v) is 4.49. The van der Waals surface area contributed by atoms with E-state index in [1.165, 1.54) is 0 Å². The normalized spacial score (nSPS) is 11.7. The molecule has 0 nitrogen and oxygen atoms in total. The van der Waals surface area contributed by atoms with Gasteiger partial charge in [0.1, 0.15) is 0 Å². The Kier molecular flexibility index (Phi) is 3.94. The quantitative estimate of drug-likeness (QED) is 0.338. The molecule has 1 aromatic carbocycles. The smallest absolute Gasteiger partial charge is 0.204 e. The molecular formula is C8H3Cl3F4Si. The van der Waals surface area contributed by atoms with Crippen molar-refractivity contribution < 1.29 is 17.6 Å². The number of hydrogen-bond donors (Lipinski definition) is 0. The van der Waals surface area contributed by atoms with E-state index in [1.807, 2.05) is 0 Å².